The van der Waals surface area contributed by atoms with Crippen LogP contribution in [0.1, 0.15) is 40.0 Å². The van der Waals surface area contributed by atoms with E-state index in [0.717, 1.165) is 41.6 Å². The summed E-state index contributed by atoms with van der Waals surface area (Å²) in [7, 11) is 0. The van der Waals surface area contributed by atoms with E-state index in [1.807, 2.05) is 6.07 Å². The van der Waals surface area contributed by atoms with Crippen molar-refractivity contribution < 1.29 is 19.2 Å². The predicted octanol–water partition coefficient (Wildman–Crippen LogP) is 0.0801. The molecule has 5 rings (SSSR count). The predicted molar refractivity (Wildman–Crippen MR) is 94.0 cm³/mol. The normalized spacial score (nSPS) is 27.3. The highest BCUT2D eigenvalue weighted by Crippen LogP contribution is 2.35. The lowest BCUT2D eigenvalue weighted by Crippen LogP contribution is -2.58. The number of urea groups is 1. The van der Waals surface area contributed by atoms with Gasteiger partial charge in [0.2, 0.25) is 5.91 Å². The van der Waals surface area contributed by atoms with E-state index in [1.165, 1.54) is 0 Å². The largest absolute Gasteiger partial charge is 0.363 e. The van der Waals surface area contributed by atoms with Crippen LogP contribution in [0.15, 0.2) is 18.2 Å². The number of nitrogens with one attached hydrogen (secondary N) is 2. The van der Waals surface area contributed by atoms with E-state index in [9.17, 15) is 19.2 Å². The molecule has 0 aliphatic carbocycles. The highest BCUT2D eigenvalue weighted by Gasteiger charge is 2.44. The Kier molecular flexibility index (Phi) is 3.48. The van der Waals surface area contributed by atoms with E-state index in [0.29, 0.717) is 17.6 Å². The molecule has 9 heteroatoms. The van der Waals surface area contributed by atoms with Crippen molar-refractivity contribution in [2.24, 2.45) is 0 Å². The molecule has 0 aromatic heterocycles. The van der Waals surface area contributed by atoms with Gasteiger partial charge in [-0.2, -0.15) is 5.01 Å². The maximum atomic E-state index is 12.9. The van der Waals surface area contributed by atoms with Gasteiger partial charge in [-0.05, 0) is 31.0 Å². The van der Waals surface area contributed by atoms with Crippen LogP contribution in [0.2, 0.25) is 0 Å². The monoisotopic (exact) mass is 369 g/mol. The molecule has 1 aromatic rings. The van der Waals surface area contributed by atoms with E-state index in [1.54, 1.807) is 12.1 Å². The Balaban J connectivity index is 1.47. The maximum absolute atomic E-state index is 12.9. The maximum Gasteiger partial charge on any atom is 0.343 e. The lowest BCUT2D eigenvalue weighted by molar-refractivity contribution is -0.122. The van der Waals surface area contributed by atoms with Crippen molar-refractivity contribution in [3.8, 4) is 0 Å². The van der Waals surface area contributed by atoms with Crippen LogP contribution in [0.4, 0.5) is 10.5 Å². The number of amides is 5. The van der Waals surface area contributed by atoms with Crippen LogP contribution >= 0.6 is 0 Å². The Morgan fingerprint density at radius 2 is 1.63 bits per heavy atom. The Bertz CT molecular complexity index is 869. The Morgan fingerprint density at radius 3 is 2.33 bits per heavy atom. The average Bonchev–Trinajstić information content (AvgIpc) is 3.05. The van der Waals surface area contributed by atoms with E-state index in [4.69, 9.17) is 0 Å². The van der Waals surface area contributed by atoms with Gasteiger partial charge in [0.1, 0.15) is 0 Å². The number of anilines is 1. The first-order valence-electron chi connectivity index (χ1n) is 9.18. The first-order chi connectivity index (χ1) is 13.0. The number of benzene rings is 1. The molecule has 2 bridgehead atoms. The Hall–Kier alpha value is -2.94. The molecule has 9 nitrogen and oxygen atoms in total. The number of fused-ring (bicyclic) bond motifs is 3. The van der Waals surface area contributed by atoms with Crippen LogP contribution in [0, 0.1) is 0 Å². The van der Waals surface area contributed by atoms with Crippen molar-refractivity contribution in [2.75, 3.05) is 24.5 Å². The number of imide groups is 2. The van der Waals surface area contributed by atoms with Crippen LogP contribution in [0.25, 0.3) is 0 Å². The second-order valence-corrected chi connectivity index (χ2v) is 7.33. The molecule has 2 N–H and O–H groups in total. The van der Waals surface area contributed by atoms with E-state index in [2.05, 4.69) is 15.5 Å². The minimum Gasteiger partial charge on any atom is -0.363 e. The fourth-order valence-corrected chi connectivity index (χ4v) is 4.54. The van der Waals surface area contributed by atoms with Gasteiger partial charge in [-0.15, -0.1) is 0 Å². The number of carbonyl (C=O) groups is 4. The van der Waals surface area contributed by atoms with Gasteiger partial charge in [0, 0.05) is 37.3 Å². The smallest absolute Gasteiger partial charge is 0.343 e. The summed E-state index contributed by atoms with van der Waals surface area (Å²) in [5.41, 5.74) is 1.53. The number of hydrazine groups is 1. The van der Waals surface area contributed by atoms with E-state index in [-0.39, 0.29) is 18.5 Å². The van der Waals surface area contributed by atoms with E-state index >= 15 is 0 Å². The molecule has 2 atom stereocenters. The molecule has 4 aliphatic rings. The van der Waals surface area contributed by atoms with Gasteiger partial charge >= 0.3 is 6.03 Å². The topological polar surface area (TPSA) is 102 Å². The highest BCUT2D eigenvalue weighted by molar-refractivity contribution is 6.22. The fourth-order valence-electron chi connectivity index (χ4n) is 4.54. The fraction of sp³-hybridized carbons (Fsp3) is 0.444. The summed E-state index contributed by atoms with van der Waals surface area (Å²) in [6.45, 7) is 1.83. The van der Waals surface area contributed by atoms with Crippen LogP contribution < -0.4 is 15.5 Å². The van der Waals surface area contributed by atoms with Crippen LogP contribution in [-0.2, 0) is 4.79 Å². The number of piperazine rings is 1. The van der Waals surface area contributed by atoms with Crippen molar-refractivity contribution in [1.29, 1.82) is 0 Å². The van der Waals surface area contributed by atoms with Crippen molar-refractivity contribution >= 4 is 29.4 Å². The Morgan fingerprint density at radius 1 is 0.926 bits per heavy atom. The molecule has 0 saturated carbocycles. The molecule has 1 aromatic carbocycles. The lowest BCUT2D eigenvalue weighted by Gasteiger charge is -2.37. The SMILES string of the molecule is O=C1CCN(N2C(=O)c3ccc(N4C5CCC4CNC5)cc3C2=O)C(=O)N1. The molecular formula is C18H19N5O4. The number of rotatable bonds is 2. The van der Waals surface area contributed by atoms with Gasteiger partial charge in [-0.3, -0.25) is 19.7 Å². The summed E-state index contributed by atoms with van der Waals surface area (Å²) in [6.07, 6.45) is 2.26. The van der Waals surface area contributed by atoms with E-state index < -0.39 is 23.8 Å². The molecule has 4 aliphatic heterocycles. The second-order valence-electron chi connectivity index (χ2n) is 7.33. The van der Waals surface area contributed by atoms with Gasteiger partial charge in [-0.1, -0.05) is 0 Å². The molecule has 0 spiro atoms. The van der Waals surface area contributed by atoms with Crippen molar-refractivity contribution in [1.82, 2.24) is 20.7 Å². The van der Waals surface area contributed by atoms with Crippen molar-refractivity contribution in [2.45, 2.75) is 31.3 Å². The first kappa shape index (κ1) is 16.2. The summed E-state index contributed by atoms with van der Waals surface area (Å²) < 4.78 is 0. The molecule has 3 fully saturated rings. The summed E-state index contributed by atoms with van der Waals surface area (Å²) in [5, 5.41) is 7.43. The zero-order valence-corrected chi connectivity index (χ0v) is 14.6. The number of hydrogen-bond acceptors (Lipinski definition) is 6. The summed E-state index contributed by atoms with van der Waals surface area (Å²) in [6, 6.07) is 5.34. The molecule has 27 heavy (non-hydrogen) atoms. The zero-order chi connectivity index (χ0) is 18.7. The molecule has 0 radical (unpaired) electrons. The molecule has 4 heterocycles. The summed E-state index contributed by atoms with van der Waals surface area (Å²) in [4.78, 5) is 51.4. The number of carbonyl (C=O) groups excluding carboxylic acids is 4. The van der Waals surface area contributed by atoms with Gasteiger partial charge in [0.25, 0.3) is 11.8 Å². The van der Waals surface area contributed by atoms with Crippen LogP contribution in [-0.4, -0.2) is 65.5 Å². The van der Waals surface area contributed by atoms with Crippen LogP contribution in [0.5, 0.6) is 0 Å². The quantitative estimate of drug-likeness (QED) is 0.716. The second kappa shape index (κ2) is 5.78. The average molecular weight is 369 g/mol. The highest BCUT2D eigenvalue weighted by atomic mass is 16.2. The van der Waals surface area contributed by atoms with Crippen molar-refractivity contribution in [3.05, 3.63) is 29.3 Å². The van der Waals surface area contributed by atoms with Gasteiger partial charge < -0.3 is 10.2 Å². The number of nitrogens with zero attached hydrogens (tertiary/aromatic N) is 3. The molecule has 5 amide bonds. The molecule has 140 valence electrons. The Labute approximate surface area is 155 Å². The third-order valence-corrected chi connectivity index (χ3v) is 5.80. The van der Waals surface area contributed by atoms with Gasteiger partial charge in [0.05, 0.1) is 17.7 Å². The molecule has 2 unspecified atom stereocenters. The summed E-state index contributed by atoms with van der Waals surface area (Å²) in [5.74, 6) is -1.47. The standard InChI is InChI=1S/C18H19N5O4/c24-15-5-6-21(18(27)20-15)23-16(25)13-4-3-10(7-14(13)17(23)26)22-11-1-2-12(22)9-19-8-11/h3-4,7,11-12,19H,1-2,5-6,8-9H2,(H,20,24,27). The first-order valence-corrected chi connectivity index (χ1v) is 9.18. The summed E-state index contributed by atoms with van der Waals surface area (Å²) >= 11 is 0. The van der Waals surface area contributed by atoms with Gasteiger partial charge in [0.15, 0.2) is 0 Å². The molecule has 3 saturated heterocycles. The van der Waals surface area contributed by atoms with Gasteiger partial charge in [-0.25, -0.2) is 9.80 Å². The third kappa shape index (κ3) is 2.34. The van der Waals surface area contributed by atoms with Crippen LogP contribution in [0.3, 0.4) is 0 Å². The van der Waals surface area contributed by atoms with Crippen molar-refractivity contribution in [3.63, 3.8) is 0 Å². The minimum absolute atomic E-state index is 0.00490. The number of hydrogen-bond donors (Lipinski definition) is 2. The third-order valence-electron chi connectivity index (χ3n) is 5.80. The zero-order valence-electron chi connectivity index (χ0n) is 14.6. The molecular weight excluding hydrogens is 350 g/mol. The lowest BCUT2D eigenvalue weighted by atomic mass is 10.1. The minimum atomic E-state index is -0.749.